The molecule has 5 heteroatoms. The summed E-state index contributed by atoms with van der Waals surface area (Å²) in [6.07, 6.45) is 1.97. The van der Waals surface area contributed by atoms with E-state index in [1.807, 2.05) is 0 Å². The quantitative estimate of drug-likeness (QED) is 0.771. The second kappa shape index (κ2) is 4.86. The normalized spacial score (nSPS) is 35.9. The highest BCUT2D eigenvalue weighted by Gasteiger charge is 2.33. The first-order valence-corrected chi connectivity index (χ1v) is 8.36. The van der Waals surface area contributed by atoms with E-state index in [0.717, 1.165) is 32.5 Å². The summed E-state index contributed by atoms with van der Waals surface area (Å²) in [6, 6.07) is 0.507. The van der Waals surface area contributed by atoms with Gasteiger partial charge in [0.1, 0.15) is 0 Å². The Bertz CT molecular complexity index is 365. The van der Waals surface area contributed by atoms with Crippen LogP contribution in [-0.4, -0.2) is 45.6 Å². The van der Waals surface area contributed by atoms with Gasteiger partial charge in [0, 0.05) is 12.6 Å². The molecule has 2 rings (SSSR count). The molecule has 2 fully saturated rings. The zero-order chi connectivity index (χ0) is 12.5. The van der Waals surface area contributed by atoms with Gasteiger partial charge in [-0.25, -0.2) is 8.42 Å². The molecule has 0 bridgehead atoms. The molecule has 0 saturated carbocycles. The van der Waals surface area contributed by atoms with Crippen molar-refractivity contribution in [1.82, 2.24) is 10.6 Å². The molecule has 2 heterocycles. The molecular formula is C12H24N2O2S. The second-order valence-corrected chi connectivity index (χ2v) is 8.41. The van der Waals surface area contributed by atoms with Crippen LogP contribution in [0.2, 0.25) is 0 Å². The molecule has 100 valence electrons. The fourth-order valence-electron chi connectivity index (χ4n) is 2.89. The van der Waals surface area contributed by atoms with E-state index < -0.39 is 9.84 Å². The number of hydrogen-bond acceptors (Lipinski definition) is 4. The highest BCUT2D eigenvalue weighted by molar-refractivity contribution is 7.91. The topological polar surface area (TPSA) is 58.2 Å². The first kappa shape index (κ1) is 13.3. The number of rotatable bonds is 3. The minimum atomic E-state index is -2.73. The van der Waals surface area contributed by atoms with E-state index in [2.05, 4.69) is 24.5 Å². The molecule has 0 aromatic carbocycles. The lowest BCUT2D eigenvalue weighted by Crippen LogP contribution is -2.53. The highest BCUT2D eigenvalue weighted by atomic mass is 32.2. The van der Waals surface area contributed by atoms with E-state index in [1.54, 1.807) is 0 Å². The van der Waals surface area contributed by atoms with E-state index in [4.69, 9.17) is 0 Å². The van der Waals surface area contributed by atoms with Crippen molar-refractivity contribution in [2.75, 3.05) is 31.1 Å². The van der Waals surface area contributed by atoms with Crippen molar-refractivity contribution in [3.63, 3.8) is 0 Å². The van der Waals surface area contributed by atoms with Gasteiger partial charge in [-0.15, -0.1) is 0 Å². The molecule has 0 amide bonds. The summed E-state index contributed by atoms with van der Waals surface area (Å²) in [4.78, 5) is 0. The third kappa shape index (κ3) is 3.42. The standard InChI is InChI=1S/C12H24N2O2S/c1-12(2)9-13-5-3-11(12)14-7-10-4-6-17(15,16)8-10/h10-11,13-14H,3-9H2,1-2H3. The van der Waals surface area contributed by atoms with E-state index in [0.29, 0.717) is 23.5 Å². The molecule has 4 nitrogen and oxygen atoms in total. The molecule has 0 aliphatic carbocycles. The van der Waals surface area contributed by atoms with Crippen LogP contribution in [0.25, 0.3) is 0 Å². The van der Waals surface area contributed by atoms with Crippen molar-refractivity contribution in [1.29, 1.82) is 0 Å². The van der Waals surface area contributed by atoms with Gasteiger partial charge < -0.3 is 10.6 Å². The van der Waals surface area contributed by atoms with Crippen molar-refractivity contribution in [2.45, 2.75) is 32.7 Å². The molecule has 0 radical (unpaired) electrons. The van der Waals surface area contributed by atoms with Crippen LogP contribution >= 0.6 is 0 Å². The summed E-state index contributed by atoms with van der Waals surface area (Å²) in [5, 5.41) is 7.00. The summed E-state index contributed by atoms with van der Waals surface area (Å²) >= 11 is 0. The molecule has 2 aliphatic rings. The predicted molar refractivity (Wildman–Crippen MR) is 69.8 cm³/mol. The van der Waals surface area contributed by atoms with Crippen molar-refractivity contribution in [3.05, 3.63) is 0 Å². The van der Waals surface area contributed by atoms with Crippen LogP contribution in [0.3, 0.4) is 0 Å². The third-order valence-corrected chi connectivity index (χ3v) is 5.95. The van der Waals surface area contributed by atoms with Crippen molar-refractivity contribution >= 4 is 9.84 Å². The summed E-state index contributed by atoms with van der Waals surface area (Å²) < 4.78 is 22.8. The Hall–Kier alpha value is -0.130. The smallest absolute Gasteiger partial charge is 0.150 e. The molecule has 2 saturated heterocycles. The maximum Gasteiger partial charge on any atom is 0.150 e. The zero-order valence-electron chi connectivity index (χ0n) is 10.8. The van der Waals surface area contributed by atoms with Crippen molar-refractivity contribution in [2.24, 2.45) is 11.3 Å². The van der Waals surface area contributed by atoms with Gasteiger partial charge in [0.25, 0.3) is 0 Å². The summed E-state index contributed by atoms with van der Waals surface area (Å²) in [6.45, 7) is 7.48. The van der Waals surface area contributed by atoms with Gasteiger partial charge in [-0.05, 0) is 37.3 Å². The molecule has 17 heavy (non-hydrogen) atoms. The molecule has 0 spiro atoms. The summed E-state index contributed by atoms with van der Waals surface area (Å²) in [7, 11) is -2.73. The SMILES string of the molecule is CC1(C)CNCCC1NCC1CCS(=O)(=O)C1. The first-order chi connectivity index (χ1) is 7.89. The molecule has 0 aromatic heterocycles. The molecule has 2 unspecified atom stereocenters. The number of piperidine rings is 1. The Balaban J connectivity index is 1.82. The van der Waals surface area contributed by atoms with E-state index in [-0.39, 0.29) is 5.41 Å². The Labute approximate surface area is 104 Å². The first-order valence-electron chi connectivity index (χ1n) is 6.54. The maximum absolute atomic E-state index is 11.4. The largest absolute Gasteiger partial charge is 0.316 e. The van der Waals surface area contributed by atoms with Crippen LogP contribution < -0.4 is 10.6 Å². The minimum Gasteiger partial charge on any atom is -0.316 e. The lowest BCUT2D eigenvalue weighted by molar-refractivity contribution is 0.180. The fraction of sp³-hybridized carbons (Fsp3) is 1.00. The number of hydrogen-bond donors (Lipinski definition) is 2. The molecule has 2 N–H and O–H groups in total. The lowest BCUT2D eigenvalue weighted by Gasteiger charge is -2.40. The summed E-state index contributed by atoms with van der Waals surface area (Å²) in [5.41, 5.74) is 0.260. The van der Waals surface area contributed by atoms with Gasteiger partial charge in [-0.2, -0.15) is 0 Å². The average molecular weight is 260 g/mol. The fourth-order valence-corrected chi connectivity index (χ4v) is 4.75. The molecule has 0 aromatic rings. The average Bonchev–Trinajstić information content (AvgIpc) is 2.56. The Morgan fingerprint density at radius 3 is 2.71 bits per heavy atom. The van der Waals surface area contributed by atoms with Gasteiger partial charge >= 0.3 is 0 Å². The molecular weight excluding hydrogens is 236 g/mol. The van der Waals surface area contributed by atoms with Gasteiger partial charge in [-0.3, -0.25) is 0 Å². The third-order valence-electron chi connectivity index (χ3n) is 4.11. The van der Waals surface area contributed by atoms with Gasteiger partial charge in [0.15, 0.2) is 9.84 Å². The van der Waals surface area contributed by atoms with Crippen LogP contribution in [0.4, 0.5) is 0 Å². The van der Waals surface area contributed by atoms with Crippen LogP contribution in [-0.2, 0) is 9.84 Å². The number of nitrogens with one attached hydrogen (secondary N) is 2. The maximum atomic E-state index is 11.4. The Kier molecular flexibility index (Phi) is 3.80. The van der Waals surface area contributed by atoms with Gasteiger partial charge in [-0.1, -0.05) is 13.8 Å². The van der Waals surface area contributed by atoms with Crippen LogP contribution in [0.15, 0.2) is 0 Å². The van der Waals surface area contributed by atoms with Gasteiger partial charge in [0.05, 0.1) is 11.5 Å². The lowest BCUT2D eigenvalue weighted by atomic mass is 9.80. The molecule has 2 atom stereocenters. The van der Waals surface area contributed by atoms with Crippen molar-refractivity contribution in [3.8, 4) is 0 Å². The van der Waals surface area contributed by atoms with E-state index in [9.17, 15) is 8.42 Å². The number of sulfone groups is 1. The van der Waals surface area contributed by atoms with E-state index in [1.165, 1.54) is 0 Å². The Morgan fingerprint density at radius 2 is 2.12 bits per heavy atom. The summed E-state index contributed by atoms with van der Waals surface area (Å²) in [5.74, 6) is 1.09. The van der Waals surface area contributed by atoms with Crippen LogP contribution in [0, 0.1) is 11.3 Å². The van der Waals surface area contributed by atoms with Crippen molar-refractivity contribution < 1.29 is 8.42 Å². The van der Waals surface area contributed by atoms with Gasteiger partial charge in [0.2, 0.25) is 0 Å². The minimum absolute atomic E-state index is 0.260. The zero-order valence-corrected chi connectivity index (χ0v) is 11.6. The van der Waals surface area contributed by atoms with Crippen LogP contribution in [0.1, 0.15) is 26.7 Å². The van der Waals surface area contributed by atoms with E-state index >= 15 is 0 Å². The molecule has 2 aliphatic heterocycles. The highest BCUT2D eigenvalue weighted by Crippen LogP contribution is 2.26. The predicted octanol–water partition coefficient (Wildman–Crippen LogP) is 0.399. The van der Waals surface area contributed by atoms with Crippen LogP contribution in [0.5, 0.6) is 0 Å². The Morgan fingerprint density at radius 1 is 1.35 bits per heavy atom. The second-order valence-electron chi connectivity index (χ2n) is 6.18. The monoisotopic (exact) mass is 260 g/mol.